The molecule has 2 aromatic heterocycles. The Hall–Kier alpha value is -2.21. The molecule has 0 aliphatic heterocycles. The summed E-state index contributed by atoms with van der Waals surface area (Å²) in [5, 5.41) is 7.26. The molecule has 6 heteroatoms. The number of hydrogen-bond donors (Lipinski definition) is 1. The van der Waals surface area contributed by atoms with Gasteiger partial charge in [-0.15, -0.1) is 0 Å². The van der Waals surface area contributed by atoms with Crippen molar-refractivity contribution in [3.8, 4) is 0 Å². The topological polar surface area (TPSA) is 63.1 Å². The second-order valence-electron chi connectivity index (χ2n) is 5.51. The number of pyridine rings is 1. The monoisotopic (exact) mass is 301 g/mol. The first-order valence-electron chi connectivity index (χ1n) is 7.40. The predicted octanol–water partition coefficient (Wildman–Crippen LogP) is 1.85. The van der Waals surface area contributed by atoms with Crippen molar-refractivity contribution in [2.75, 3.05) is 18.9 Å². The highest BCUT2D eigenvalue weighted by Gasteiger charge is 2.18. The molecule has 0 spiro atoms. The van der Waals surface area contributed by atoms with Crippen LogP contribution in [0.3, 0.4) is 0 Å². The van der Waals surface area contributed by atoms with Gasteiger partial charge in [-0.2, -0.15) is 5.10 Å². The molecule has 118 valence electrons. The highest BCUT2D eigenvalue weighted by Crippen LogP contribution is 2.06. The van der Waals surface area contributed by atoms with E-state index in [2.05, 4.69) is 21.5 Å². The highest BCUT2D eigenvalue weighted by molar-refractivity contribution is 5.93. The summed E-state index contributed by atoms with van der Waals surface area (Å²) in [4.78, 5) is 18.3. The van der Waals surface area contributed by atoms with Gasteiger partial charge in [0.25, 0.3) is 0 Å². The van der Waals surface area contributed by atoms with Crippen LogP contribution < -0.4 is 5.32 Å². The highest BCUT2D eigenvalue weighted by atomic mass is 16.2. The minimum Gasteiger partial charge on any atom is -0.309 e. The van der Waals surface area contributed by atoms with Gasteiger partial charge in [0.2, 0.25) is 5.91 Å². The van der Waals surface area contributed by atoms with Crippen molar-refractivity contribution in [1.29, 1.82) is 0 Å². The number of anilines is 1. The van der Waals surface area contributed by atoms with Crippen LogP contribution in [0, 0.1) is 13.8 Å². The molecule has 2 rings (SSSR count). The van der Waals surface area contributed by atoms with Crippen molar-refractivity contribution in [3.63, 3.8) is 0 Å². The van der Waals surface area contributed by atoms with Gasteiger partial charge >= 0.3 is 0 Å². The number of aryl methyl sites for hydroxylation is 2. The first kappa shape index (κ1) is 16.2. The lowest BCUT2D eigenvalue weighted by Crippen LogP contribution is -2.41. The molecule has 6 nitrogen and oxygen atoms in total. The molecule has 1 N–H and O–H groups in total. The Bertz CT molecular complexity index is 623. The van der Waals surface area contributed by atoms with E-state index in [4.69, 9.17) is 0 Å². The molecule has 22 heavy (non-hydrogen) atoms. The van der Waals surface area contributed by atoms with E-state index in [1.807, 2.05) is 49.5 Å². The van der Waals surface area contributed by atoms with E-state index in [0.29, 0.717) is 5.82 Å². The maximum atomic E-state index is 12.2. The zero-order valence-corrected chi connectivity index (χ0v) is 13.6. The minimum absolute atomic E-state index is 0.0606. The molecule has 0 radical (unpaired) electrons. The van der Waals surface area contributed by atoms with Gasteiger partial charge in [-0.1, -0.05) is 6.07 Å². The first-order chi connectivity index (χ1) is 10.5. The molecule has 0 unspecified atom stereocenters. The van der Waals surface area contributed by atoms with E-state index in [9.17, 15) is 4.79 Å². The molecular formula is C16H23N5O. The quantitative estimate of drug-likeness (QED) is 0.884. The molecule has 0 aromatic carbocycles. The van der Waals surface area contributed by atoms with Crippen molar-refractivity contribution in [1.82, 2.24) is 19.7 Å². The summed E-state index contributed by atoms with van der Waals surface area (Å²) >= 11 is 0. The van der Waals surface area contributed by atoms with Crippen LogP contribution in [-0.2, 0) is 11.3 Å². The average molecular weight is 301 g/mol. The smallest absolute Gasteiger partial charge is 0.242 e. The fourth-order valence-corrected chi connectivity index (χ4v) is 2.21. The zero-order chi connectivity index (χ0) is 16.1. The number of rotatable bonds is 6. The van der Waals surface area contributed by atoms with E-state index in [1.54, 1.807) is 12.3 Å². The van der Waals surface area contributed by atoms with Crippen LogP contribution in [0.5, 0.6) is 0 Å². The average Bonchev–Trinajstić information content (AvgIpc) is 2.82. The summed E-state index contributed by atoms with van der Waals surface area (Å²) in [5.41, 5.74) is 2.15. The Labute approximate surface area is 131 Å². The van der Waals surface area contributed by atoms with E-state index in [1.165, 1.54) is 0 Å². The van der Waals surface area contributed by atoms with Crippen molar-refractivity contribution >= 4 is 11.7 Å². The lowest BCUT2D eigenvalue weighted by molar-refractivity contribution is -0.120. The second kappa shape index (κ2) is 7.17. The van der Waals surface area contributed by atoms with Crippen molar-refractivity contribution in [3.05, 3.63) is 41.9 Å². The number of carbonyl (C=O) groups is 1. The van der Waals surface area contributed by atoms with E-state index in [0.717, 1.165) is 24.5 Å². The Morgan fingerprint density at radius 1 is 1.41 bits per heavy atom. The van der Waals surface area contributed by atoms with Crippen molar-refractivity contribution in [2.24, 2.45) is 0 Å². The van der Waals surface area contributed by atoms with Gasteiger partial charge in [0.15, 0.2) is 0 Å². The van der Waals surface area contributed by atoms with Gasteiger partial charge in [-0.05, 0) is 46.0 Å². The summed E-state index contributed by atoms with van der Waals surface area (Å²) in [6.07, 6.45) is 1.66. The van der Waals surface area contributed by atoms with Crippen LogP contribution in [0.4, 0.5) is 5.82 Å². The van der Waals surface area contributed by atoms with E-state index < -0.39 is 0 Å². The molecule has 0 saturated carbocycles. The summed E-state index contributed by atoms with van der Waals surface area (Å²) < 4.78 is 1.97. The van der Waals surface area contributed by atoms with Crippen LogP contribution in [0.25, 0.3) is 0 Å². The Balaban J connectivity index is 1.87. The third-order valence-electron chi connectivity index (χ3n) is 3.72. The molecule has 0 fully saturated rings. The lowest BCUT2D eigenvalue weighted by atomic mass is 10.2. The lowest BCUT2D eigenvalue weighted by Gasteiger charge is -2.23. The Morgan fingerprint density at radius 3 is 2.77 bits per heavy atom. The molecule has 1 atom stereocenters. The number of amides is 1. The largest absolute Gasteiger partial charge is 0.309 e. The fourth-order valence-electron chi connectivity index (χ4n) is 2.21. The van der Waals surface area contributed by atoms with Gasteiger partial charge in [0, 0.05) is 18.4 Å². The second-order valence-corrected chi connectivity index (χ2v) is 5.51. The molecule has 0 aliphatic rings. The van der Waals surface area contributed by atoms with E-state index >= 15 is 0 Å². The Morgan fingerprint density at radius 2 is 2.18 bits per heavy atom. The maximum absolute atomic E-state index is 12.2. The van der Waals surface area contributed by atoms with Gasteiger partial charge in [-0.3, -0.25) is 14.4 Å². The number of likely N-dealkylation sites (N-methyl/N-ethyl adjacent to an activating group) is 1. The zero-order valence-electron chi connectivity index (χ0n) is 13.6. The molecule has 0 saturated heterocycles. The normalized spacial score (nSPS) is 12.4. The third kappa shape index (κ3) is 4.14. The molecule has 2 heterocycles. The summed E-state index contributed by atoms with van der Waals surface area (Å²) in [6, 6.07) is 7.26. The molecular weight excluding hydrogens is 278 g/mol. The van der Waals surface area contributed by atoms with Crippen molar-refractivity contribution < 1.29 is 4.79 Å². The predicted molar refractivity (Wildman–Crippen MR) is 86.7 cm³/mol. The van der Waals surface area contributed by atoms with Gasteiger partial charge in [0.1, 0.15) is 5.82 Å². The number of carbonyl (C=O) groups excluding carboxylic acids is 1. The summed E-state index contributed by atoms with van der Waals surface area (Å²) in [6.45, 7) is 7.42. The maximum Gasteiger partial charge on any atom is 0.242 e. The Kier molecular flexibility index (Phi) is 5.27. The van der Waals surface area contributed by atoms with E-state index in [-0.39, 0.29) is 11.9 Å². The van der Waals surface area contributed by atoms with Gasteiger partial charge in [0.05, 0.1) is 18.3 Å². The molecule has 2 aromatic rings. The number of aromatic nitrogens is 3. The van der Waals surface area contributed by atoms with Crippen LogP contribution in [0.15, 0.2) is 30.5 Å². The number of nitrogens with one attached hydrogen (secondary N) is 1. The standard InChI is InChI=1S/C16H23N5O/c1-12-11-13(2)21(19-12)10-9-20(4)14(3)16(22)18-15-7-5-6-8-17-15/h5-8,11,14H,9-10H2,1-4H3,(H,17,18,22)/t14-/m0/s1. The summed E-state index contributed by atoms with van der Waals surface area (Å²) in [7, 11) is 1.94. The van der Waals surface area contributed by atoms with Gasteiger partial charge < -0.3 is 5.32 Å². The molecule has 0 aliphatic carbocycles. The van der Waals surface area contributed by atoms with Gasteiger partial charge in [-0.25, -0.2) is 4.98 Å². The summed E-state index contributed by atoms with van der Waals surface area (Å²) in [5.74, 6) is 0.515. The van der Waals surface area contributed by atoms with Crippen LogP contribution in [0.1, 0.15) is 18.3 Å². The van der Waals surface area contributed by atoms with Crippen LogP contribution in [0.2, 0.25) is 0 Å². The first-order valence-corrected chi connectivity index (χ1v) is 7.40. The third-order valence-corrected chi connectivity index (χ3v) is 3.72. The number of nitrogens with zero attached hydrogens (tertiary/aromatic N) is 4. The van der Waals surface area contributed by atoms with Crippen LogP contribution in [-0.4, -0.2) is 45.2 Å². The molecule has 0 bridgehead atoms. The SMILES string of the molecule is Cc1cc(C)n(CCN(C)[C@@H](C)C(=O)Nc2ccccn2)n1. The van der Waals surface area contributed by atoms with Crippen LogP contribution >= 0.6 is 0 Å². The fraction of sp³-hybridized carbons (Fsp3) is 0.438. The minimum atomic E-state index is -0.237. The molecule has 1 amide bonds. The van der Waals surface area contributed by atoms with Crippen molar-refractivity contribution in [2.45, 2.75) is 33.4 Å². The number of hydrogen-bond acceptors (Lipinski definition) is 4.